The zero-order valence-electron chi connectivity index (χ0n) is 15.2. The number of ether oxygens (including phenoxy) is 1. The summed E-state index contributed by atoms with van der Waals surface area (Å²) in [5, 5.41) is 11.6. The molecule has 1 saturated heterocycles. The maximum Gasteiger partial charge on any atom is 0.343 e. The lowest BCUT2D eigenvalue weighted by atomic mass is 10.1. The Labute approximate surface area is 187 Å². The van der Waals surface area contributed by atoms with Crippen molar-refractivity contribution in [2.24, 2.45) is 0 Å². The van der Waals surface area contributed by atoms with Crippen molar-refractivity contribution in [3.63, 3.8) is 0 Å². The van der Waals surface area contributed by atoms with Crippen molar-refractivity contribution in [2.75, 3.05) is 0 Å². The van der Waals surface area contributed by atoms with E-state index in [1.807, 2.05) is 49.4 Å². The highest BCUT2D eigenvalue weighted by Crippen LogP contribution is 3.04. The van der Waals surface area contributed by atoms with Crippen LogP contribution in [0.15, 0.2) is 72.8 Å². The van der Waals surface area contributed by atoms with Crippen LogP contribution in [-0.2, 0) is 23.6 Å². The number of rotatable bonds is 4. The molecule has 1 heterocycles. The summed E-state index contributed by atoms with van der Waals surface area (Å²) in [4.78, 5) is 12.4. The van der Waals surface area contributed by atoms with Crippen molar-refractivity contribution in [3.8, 4) is 11.5 Å². The van der Waals surface area contributed by atoms with Crippen LogP contribution in [0.5, 0.6) is 11.5 Å². The molecule has 3 nitrogen and oxygen atoms in total. The molecule has 0 aromatic heterocycles. The minimum absolute atomic E-state index is 0.237. The molecular formula is C20H16O3P2S4. The van der Waals surface area contributed by atoms with Crippen LogP contribution in [0.2, 0.25) is 0 Å². The van der Waals surface area contributed by atoms with Crippen molar-refractivity contribution in [1.82, 2.24) is 0 Å². The molecular weight excluding hydrogens is 478 g/mol. The number of esters is 1. The average Bonchev–Trinajstić information content (AvgIpc) is 2.68. The summed E-state index contributed by atoms with van der Waals surface area (Å²) in [6, 6.07) is 21.9. The molecule has 0 bridgehead atoms. The molecule has 0 radical (unpaired) electrons. The Morgan fingerprint density at radius 2 is 1.38 bits per heavy atom. The minimum Gasteiger partial charge on any atom is -0.508 e. The summed E-state index contributed by atoms with van der Waals surface area (Å²) in [6.07, 6.45) is 0. The lowest BCUT2D eigenvalue weighted by Gasteiger charge is -2.40. The van der Waals surface area contributed by atoms with Gasteiger partial charge in [-0.05, 0) is 67.1 Å². The first-order valence-corrected chi connectivity index (χ1v) is 18.3. The van der Waals surface area contributed by atoms with E-state index in [1.165, 1.54) is 0 Å². The second kappa shape index (κ2) is 8.22. The van der Waals surface area contributed by atoms with Crippen LogP contribution in [0.4, 0.5) is 0 Å². The Balaban J connectivity index is 1.47. The molecule has 1 N–H and O–H groups in total. The van der Waals surface area contributed by atoms with Crippen molar-refractivity contribution in [3.05, 3.63) is 83.9 Å². The molecule has 148 valence electrons. The Morgan fingerprint density at radius 1 is 0.862 bits per heavy atom. The number of aromatic hydroxyl groups is 1. The first-order chi connectivity index (χ1) is 13.8. The summed E-state index contributed by atoms with van der Waals surface area (Å²) in [7, 11) is 0. The fraction of sp³-hybridized carbons (Fsp3) is 0.0500. The standard InChI is InChI=1S/C20H16O3P2S4/c1-14-4-2-3-5-19(14)20(22)23-16-8-12-18(13-9-16)25(27)28-24(26,29-25)17-10-6-15(21)7-11-17/h2-13,21H,1H3. The number of phenolic OH excluding ortho intramolecular Hbond substituents is 1. The van der Waals surface area contributed by atoms with E-state index in [2.05, 4.69) is 0 Å². The topological polar surface area (TPSA) is 46.5 Å². The van der Waals surface area contributed by atoms with Gasteiger partial charge < -0.3 is 9.84 Å². The number of aryl methyl sites for hydroxylation is 1. The van der Waals surface area contributed by atoms with E-state index in [0.717, 1.165) is 16.2 Å². The lowest BCUT2D eigenvalue weighted by molar-refractivity contribution is 0.0734. The van der Waals surface area contributed by atoms with Gasteiger partial charge in [0.05, 0.1) is 14.4 Å². The van der Waals surface area contributed by atoms with E-state index in [-0.39, 0.29) is 11.7 Å². The molecule has 3 aromatic rings. The number of carbonyl (C=O) groups excluding carboxylic acids is 1. The smallest absolute Gasteiger partial charge is 0.343 e. The first kappa shape index (κ1) is 21.2. The van der Waals surface area contributed by atoms with Gasteiger partial charge in [-0.25, -0.2) is 4.79 Å². The molecule has 0 amide bonds. The van der Waals surface area contributed by atoms with Gasteiger partial charge >= 0.3 is 5.97 Å². The largest absolute Gasteiger partial charge is 0.508 e. The van der Waals surface area contributed by atoms with Gasteiger partial charge in [0.15, 0.2) is 0 Å². The SMILES string of the molecule is Cc1ccccc1C(=O)Oc1ccc(P2(=S)SP(=S)(c3ccc(O)cc3)S2)cc1. The van der Waals surface area contributed by atoms with Crippen LogP contribution >= 0.6 is 30.9 Å². The minimum atomic E-state index is -1.86. The lowest BCUT2D eigenvalue weighted by Crippen LogP contribution is -2.11. The second-order valence-electron chi connectivity index (χ2n) is 6.37. The normalized spacial score (nSPS) is 23.2. The van der Waals surface area contributed by atoms with Gasteiger partial charge in [-0.1, -0.05) is 63.8 Å². The van der Waals surface area contributed by atoms with Crippen LogP contribution in [0, 0.1) is 6.92 Å². The summed E-state index contributed by atoms with van der Waals surface area (Å²) >= 11 is 15.3. The van der Waals surface area contributed by atoms with E-state index >= 15 is 0 Å². The van der Waals surface area contributed by atoms with Crippen LogP contribution in [0.25, 0.3) is 0 Å². The fourth-order valence-corrected chi connectivity index (χ4v) is 45.0. The molecule has 4 rings (SSSR count). The Kier molecular flexibility index (Phi) is 6.00. The van der Waals surface area contributed by atoms with E-state index < -0.39 is 8.88 Å². The highest BCUT2D eigenvalue weighted by Gasteiger charge is 2.45. The van der Waals surface area contributed by atoms with Gasteiger partial charge in [0, 0.05) is 10.6 Å². The molecule has 1 fully saturated rings. The maximum atomic E-state index is 12.4. The number of phenols is 1. The van der Waals surface area contributed by atoms with Crippen molar-refractivity contribution < 1.29 is 14.6 Å². The summed E-state index contributed by atoms with van der Waals surface area (Å²) < 4.78 is 1.84. The van der Waals surface area contributed by atoms with Crippen LogP contribution in [0.1, 0.15) is 15.9 Å². The number of carbonyl (C=O) groups is 1. The highest BCUT2D eigenvalue weighted by atomic mass is 33.7. The van der Waals surface area contributed by atoms with Gasteiger partial charge in [-0.15, -0.1) is 0 Å². The molecule has 0 spiro atoms. The molecule has 29 heavy (non-hydrogen) atoms. The van der Waals surface area contributed by atoms with E-state index in [1.54, 1.807) is 52.3 Å². The predicted molar refractivity (Wildman–Crippen MR) is 134 cm³/mol. The number of hydrogen-bond donors (Lipinski definition) is 1. The third-order valence-electron chi connectivity index (χ3n) is 4.32. The first-order valence-electron chi connectivity index (χ1n) is 8.60. The van der Waals surface area contributed by atoms with E-state index in [9.17, 15) is 9.90 Å². The molecule has 0 unspecified atom stereocenters. The molecule has 0 saturated carbocycles. The molecule has 0 atom stereocenters. The van der Waals surface area contributed by atoms with Crippen LogP contribution in [0.3, 0.4) is 0 Å². The third kappa shape index (κ3) is 4.36. The monoisotopic (exact) mass is 494 g/mol. The van der Waals surface area contributed by atoms with E-state index in [0.29, 0.717) is 11.3 Å². The quantitative estimate of drug-likeness (QED) is 0.272. The van der Waals surface area contributed by atoms with Crippen molar-refractivity contribution >= 4 is 71.1 Å². The van der Waals surface area contributed by atoms with E-state index in [4.69, 9.17) is 28.4 Å². The Hall–Kier alpha value is -1.07. The zero-order valence-corrected chi connectivity index (χ0v) is 20.3. The van der Waals surface area contributed by atoms with Crippen molar-refractivity contribution in [1.29, 1.82) is 0 Å². The van der Waals surface area contributed by atoms with Crippen molar-refractivity contribution in [2.45, 2.75) is 6.92 Å². The molecule has 0 aliphatic carbocycles. The molecule has 3 aromatic carbocycles. The van der Waals surface area contributed by atoms with Gasteiger partial charge in [0.2, 0.25) is 0 Å². The average molecular weight is 495 g/mol. The Bertz CT molecular complexity index is 1160. The van der Waals surface area contributed by atoms with Gasteiger partial charge in [-0.2, -0.15) is 0 Å². The predicted octanol–water partition coefficient (Wildman–Crippen LogP) is 5.97. The molecule has 1 aliphatic rings. The number of benzene rings is 3. The van der Waals surface area contributed by atoms with Crippen LogP contribution in [-0.4, -0.2) is 11.1 Å². The third-order valence-corrected chi connectivity index (χ3v) is 35.6. The fourth-order valence-electron chi connectivity index (χ4n) is 2.77. The summed E-state index contributed by atoms with van der Waals surface area (Å²) in [5.41, 5.74) is 1.44. The van der Waals surface area contributed by atoms with Crippen LogP contribution < -0.4 is 15.3 Å². The second-order valence-corrected chi connectivity index (χ2v) is 27.7. The summed E-state index contributed by atoms with van der Waals surface area (Å²) in [5.74, 6) is 0.368. The number of hydrogen-bond acceptors (Lipinski definition) is 7. The highest BCUT2D eigenvalue weighted by molar-refractivity contribution is 9.48. The van der Waals surface area contributed by atoms with Gasteiger partial charge in [-0.3, -0.25) is 0 Å². The van der Waals surface area contributed by atoms with Gasteiger partial charge in [0.25, 0.3) is 0 Å². The molecule has 9 heteroatoms. The zero-order chi connectivity index (χ0) is 20.6. The van der Waals surface area contributed by atoms with Gasteiger partial charge in [0.1, 0.15) is 11.5 Å². The maximum absolute atomic E-state index is 12.4. The Morgan fingerprint density at radius 3 is 1.93 bits per heavy atom. The summed E-state index contributed by atoms with van der Waals surface area (Å²) in [6.45, 7) is 1.88. The molecule has 1 aliphatic heterocycles.